The van der Waals surface area contributed by atoms with Crippen LogP contribution < -0.4 is 10.9 Å². The van der Waals surface area contributed by atoms with Gasteiger partial charge in [0.05, 0.1) is 29.6 Å². The number of hydrogen-bond donors (Lipinski definition) is 1. The molecule has 6 nitrogen and oxygen atoms in total. The van der Waals surface area contributed by atoms with Crippen LogP contribution in [0.5, 0.6) is 0 Å². The minimum atomic E-state index is -0.466. The highest BCUT2D eigenvalue weighted by Gasteiger charge is 2.17. The van der Waals surface area contributed by atoms with Crippen LogP contribution in [0.1, 0.15) is 18.5 Å². The Bertz CT molecular complexity index is 1240. The van der Waals surface area contributed by atoms with E-state index in [2.05, 4.69) is 10.3 Å². The maximum atomic E-state index is 12.8. The first kappa shape index (κ1) is 19.0. The number of pyridine rings is 1. The Labute approximate surface area is 172 Å². The Morgan fingerprint density at radius 3 is 2.69 bits per heavy atom. The third kappa shape index (κ3) is 3.93. The second-order valence-electron chi connectivity index (χ2n) is 6.78. The van der Waals surface area contributed by atoms with E-state index in [0.29, 0.717) is 17.3 Å². The van der Waals surface area contributed by atoms with Gasteiger partial charge in [-0.25, -0.2) is 4.98 Å². The van der Waals surface area contributed by atoms with Crippen molar-refractivity contribution >= 4 is 34.2 Å². The fourth-order valence-electron chi connectivity index (χ4n) is 3.20. The van der Waals surface area contributed by atoms with Gasteiger partial charge < -0.3 is 14.5 Å². The number of carbonyl (C=O) groups is 1. The molecule has 1 unspecified atom stereocenters. The Morgan fingerprint density at radius 2 is 1.86 bits per heavy atom. The molecule has 0 aliphatic carbocycles. The molecule has 0 bridgehead atoms. The van der Waals surface area contributed by atoms with Gasteiger partial charge in [0.15, 0.2) is 0 Å². The first-order valence-corrected chi connectivity index (χ1v) is 9.57. The lowest BCUT2D eigenvalue weighted by Crippen LogP contribution is -2.25. The molecule has 2 aromatic carbocycles. The molecule has 4 rings (SSSR count). The third-order valence-corrected chi connectivity index (χ3v) is 5.20. The van der Waals surface area contributed by atoms with Crippen molar-refractivity contribution in [3.05, 3.63) is 94.1 Å². The second-order valence-corrected chi connectivity index (χ2v) is 7.19. The van der Waals surface area contributed by atoms with Crippen LogP contribution in [-0.2, 0) is 11.3 Å². The summed E-state index contributed by atoms with van der Waals surface area (Å²) in [5.74, 6) is -0.198. The number of anilines is 1. The quantitative estimate of drug-likeness (QED) is 0.542. The number of nitrogens with one attached hydrogen (secondary N) is 1. The number of hydrogen-bond acceptors (Lipinski definition) is 3. The maximum absolute atomic E-state index is 12.8. The number of fused-ring (bicyclic) bond motifs is 1. The van der Waals surface area contributed by atoms with Gasteiger partial charge in [-0.05, 0) is 36.8 Å². The van der Waals surface area contributed by atoms with Crippen molar-refractivity contribution in [1.29, 1.82) is 0 Å². The summed E-state index contributed by atoms with van der Waals surface area (Å²) in [6.07, 6.45) is 3.29. The molecule has 0 aliphatic heterocycles. The van der Waals surface area contributed by atoms with Crippen LogP contribution in [0.2, 0.25) is 5.02 Å². The number of rotatable bonds is 5. The van der Waals surface area contributed by atoms with Crippen LogP contribution >= 0.6 is 11.6 Å². The normalized spacial score (nSPS) is 12.1. The van der Waals surface area contributed by atoms with E-state index in [9.17, 15) is 9.59 Å². The summed E-state index contributed by atoms with van der Waals surface area (Å²) in [5, 5.41) is 3.47. The summed E-state index contributed by atoms with van der Waals surface area (Å²) < 4.78 is 3.35. The molecule has 0 saturated carbocycles. The standard InChI is InChI=1S/C22H19ClN4O2/c1-15(27-14-24-19-8-4-5-9-20(19)27)22(29)25-17-10-11-21(28)26(13-17)12-16-6-2-3-7-18(16)23/h2-11,13-15H,12H2,1H3,(H,25,29). The van der Waals surface area contributed by atoms with E-state index in [0.717, 1.165) is 16.6 Å². The summed E-state index contributed by atoms with van der Waals surface area (Å²) in [7, 11) is 0. The maximum Gasteiger partial charge on any atom is 0.250 e. The van der Waals surface area contributed by atoms with Crippen molar-refractivity contribution in [1.82, 2.24) is 14.1 Å². The summed E-state index contributed by atoms with van der Waals surface area (Å²) >= 11 is 6.20. The molecule has 146 valence electrons. The van der Waals surface area contributed by atoms with E-state index >= 15 is 0 Å². The SMILES string of the molecule is CC(C(=O)Nc1ccc(=O)n(Cc2ccccc2Cl)c1)n1cnc2ccccc21. The van der Waals surface area contributed by atoms with Crippen LogP contribution in [0.4, 0.5) is 5.69 Å². The first-order valence-electron chi connectivity index (χ1n) is 9.19. The molecule has 2 heterocycles. The lowest BCUT2D eigenvalue weighted by Gasteiger charge is -2.15. The molecule has 7 heteroatoms. The summed E-state index contributed by atoms with van der Waals surface area (Å²) in [4.78, 5) is 29.4. The predicted molar refractivity (Wildman–Crippen MR) is 114 cm³/mol. The lowest BCUT2D eigenvalue weighted by molar-refractivity contribution is -0.118. The molecule has 0 spiro atoms. The number of benzene rings is 2. The van der Waals surface area contributed by atoms with Crippen molar-refractivity contribution < 1.29 is 4.79 Å². The minimum absolute atomic E-state index is 0.170. The highest BCUT2D eigenvalue weighted by Crippen LogP contribution is 2.19. The molecular formula is C22H19ClN4O2. The zero-order valence-corrected chi connectivity index (χ0v) is 16.5. The van der Waals surface area contributed by atoms with Gasteiger partial charge in [0.2, 0.25) is 5.91 Å². The number of amides is 1. The van der Waals surface area contributed by atoms with E-state index in [-0.39, 0.29) is 11.5 Å². The molecule has 0 radical (unpaired) electrons. The summed E-state index contributed by atoms with van der Waals surface area (Å²) in [5.41, 5.74) is 2.92. The third-order valence-electron chi connectivity index (χ3n) is 4.83. The Hall–Kier alpha value is -3.38. The van der Waals surface area contributed by atoms with Crippen molar-refractivity contribution in [3.8, 4) is 0 Å². The molecule has 1 N–H and O–H groups in total. The van der Waals surface area contributed by atoms with Crippen LogP contribution in [0.15, 0.2) is 78.0 Å². The topological polar surface area (TPSA) is 68.9 Å². The second kappa shape index (κ2) is 7.93. The van der Waals surface area contributed by atoms with Gasteiger partial charge in [0, 0.05) is 17.3 Å². The molecule has 4 aromatic rings. The zero-order chi connectivity index (χ0) is 20.4. The van der Waals surface area contributed by atoms with Gasteiger partial charge in [-0.15, -0.1) is 0 Å². The van der Waals surface area contributed by atoms with Gasteiger partial charge in [0.1, 0.15) is 6.04 Å². The minimum Gasteiger partial charge on any atom is -0.323 e. The van der Waals surface area contributed by atoms with Crippen LogP contribution in [0.3, 0.4) is 0 Å². The number of aromatic nitrogens is 3. The largest absolute Gasteiger partial charge is 0.323 e. The highest BCUT2D eigenvalue weighted by atomic mass is 35.5. The average molecular weight is 407 g/mol. The fourth-order valence-corrected chi connectivity index (χ4v) is 3.39. The number of halogens is 1. The van der Waals surface area contributed by atoms with Gasteiger partial charge >= 0.3 is 0 Å². The van der Waals surface area contributed by atoms with E-state index in [4.69, 9.17) is 11.6 Å². The number of carbonyl (C=O) groups excluding carboxylic acids is 1. The van der Waals surface area contributed by atoms with Gasteiger partial charge in [-0.2, -0.15) is 0 Å². The monoisotopic (exact) mass is 406 g/mol. The van der Waals surface area contributed by atoms with Crippen molar-refractivity contribution in [2.24, 2.45) is 0 Å². The van der Waals surface area contributed by atoms with E-state index < -0.39 is 6.04 Å². The van der Waals surface area contributed by atoms with E-state index in [1.54, 1.807) is 24.7 Å². The molecule has 0 aliphatic rings. The summed E-state index contributed by atoms with van der Waals surface area (Å²) in [6.45, 7) is 2.13. The molecule has 0 fully saturated rings. The summed E-state index contributed by atoms with van der Waals surface area (Å²) in [6, 6.07) is 17.6. The fraction of sp³-hybridized carbons (Fsp3) is 0.136. The highest BCUT2D eigenvalue weighted by molar-refractivity contribution is 6.31. The van der Waals surface area contributed by atoms with Gasteiger partial charge in [-0.1, -0.05) is 41.9 Å². The lowest BCUT2D eigenvalue weighted by atomic mass is 10.2. The van der Waals surface area contributed by atoms with E-state index in [1.165, 1.54) is 10.6 Å². The molecule has 1 amide bonds. The Balaban J connectivity index is 1.55. The van der Waals surface area contributed by atoms with E-state index in [1.807, 2.05) is 54.0 Å². The van der Waals surface area contributed by atoms with Crippen LogP contribution in [-0.4, -0.2) is 20.0 Å². The molecule has 0 saturated heterocycles. The van der Waals surface area contributed by atoms with Crippen LogP contribution in [0.25, 0.3) is 11.0 Å². The smallest absolute Gasteiger partial charge is 0.250 e. The Kier molecular flexibility index (Phi) is 5.18. The predicted octanol–water partition coefficient (Wildman–Crippen LogP) is 4.10. The number of para-hydroxylation sites is 2. The number of nitrogens with zero attached hydrogens (tertiary/aromatic N) is 3. The number of imidazole rings is 1. The molecule has 1 atom stereocenters. The molecule has 2 aromatic heterocycles. The van der Waals surface area contributed by atoms with Crippen LogP contribution in [0, 0.1) is 0 Å². The molecule has 29 heavy (non-hydrogen) atoms. The Morgan fingerprint density at radius 1 is 1.10 bits per heavy atom. The van der Waals surface area contributed by atoms with Crippen molar-refractivity contribution in [2.45, 2.75) is 19.5 Å². The zero-order valence-electron chi connectivity index (χ0n) is 15.7. The van der Waals surface area contributed by atoms with Crippen molar-refractivity contribution in [2.75, 3.05) is 5.32 Å². The first-order chi connectivity index (χ1) is 14.0. The van der Waals surface area contributed by atoms with Gasteiger partial charge in [0.25, 0.3) is 5.56 Å². The molecular weight excluding hydrogens is 388 g/mol. The van der Waals surface area contributed by atoms with Gasteiger partial charge in [-0.3, -0.25) is 9.59 Å². The van der Waals surface area contributed by atoms with Crippen molar-refractivity contribution in [3.63, 3.8) is 0 Å². The average Bonchev–Trinajstić information content (AvgIpc) is 3.15.